The molecule has 0 aliphatic rings. The molecule has 0 bridgehead atoms. The Balaban J connectivity index is 1.99. The molecule has 0 fully saturated rings. The highest BCUT2D eigenvalue weighted by Gasteiger charge is 2.27. The van der Waals surface area contributed by atoms with Crippen molar-refractivity contribution in [2.45, 2.75) is 26.5 Å². The summed E-state index contributed by atoms with van der Waals surface area (Å²) >= 11 is 0. The van der Waals surface area contributed by atoms with Crippen LogP contribution in [-0.4, -0.2) is 18.7 Å². The van der Waals surface area contributed by atoms with Gasteiger partial charge in [0.2, 0.25) is 0 Å². The van der Waals surface area contributed by atoms with E-state index >= 15 is 0 Å². The summed E-state index contributed by atoms with van der Waals surface area (Å²) in [6.07, 6.45) is -0.721. The Hall–Kier alpha value is -2.76. The fraction of sp³-hybridized carbons (Fsp3) is 0.294. The second kappa shape index (κ2) is 8.03. The van der Waals surface area contributed by atoms with Crippen LogP contribution in [-0.2, 0) is 20.9 Å². The van der Waals surface area contributed by atoms with Gasteiger partial charge < -0.3 is 19.2 Å². The van der Waals surface area contributed by atoms with Crippen LogP contribution >= 0.6 is 0 Å². The lowest BCUT2D eigenvalue weighted by atomic mass is 10.2. The lowest BCUT2D eigenvalue weighted by Crippen LogP contribution is -2.35. The van der Waals surface area contributed by atoms with E-state index in [1.54, 1.807) is 26.0 Å². The Morgan fingerprint density at radius 2 is 1.87 bits per heavy atom. The van der Waals surface area contributed by atoms with Gasteiger partial charge in [-0.2, -0.15) is 0 Å². The largest absolute Gasteiger partial charge is 0.464 e. The van der Waals surface area contributed by atoms with Crippen LogP contribution in [0.4, 0.5) is 4.79 Å². The molecule has 2 rings (SSSR count). The number of hydrogen-bond donors (Lipinski definition) is 1. The molecule has 23 heavy (non-hydrogen) atoms. The Morgan fingerprint density at radius 1 is 1.13 bits per heavy atom. The molecule has 2 aromatic rings. The molecule has 122 valence electrons. The first-order valence-electron chi connectivity index (χ1n) is 7.30. The van der Waals surface area contributed by atoms with Gasteiger partial charge in [0.15, 0.2) is 6.04 Å². The average molecular weight is 317 g/mol. The van der Waals surface area contributed by atoms with Crippen molar-refractivity contribution in [3.63, 3.8) is 0 Å². The normalized spacial score (nSPS) is 11.6. The summed E-state index contributed by atoms with van der Waals surface area (Å²) in [5.74, 6) is 0.338. The molecule has 1 heterocycles. The first-order chi connectivity index (χ1) is 11.1. The minimum atomic E-state index is -1.04. The number of carbonyl (C=O) groups is 2. The van der Waals surface area contributed by atoms with Gasteiger partial charge in [-0.25, -0.2) is 9.59 Å². The molecule has 1 aromatic carbocycles. The summed E-state index contributed by atoms with van der Waals surface area (Å²) < 4.78 is 15.5. The number of esters is 1. The molecule has 0 unspecified atom stereocenters. The number of ether oxygens (including phenoxy) is 2. The van der Waals surface area contributed by atoms with Crippen LogP contribution in [0.5, 0.6) is 0 Å². The van der Waals surface area contributed by atoms with E-state index in [4.69, 9.17) is 13.9 Å². The van der Waals surface area contributed by atoms with Crippen molar-refractivity contribution in [1.29, 1.82) is 0 Å². The Morgan fingerprint density at radius 3 is 2.48 bits per heavy atom. The number of alkyl carbamates (subject to hydrolysis) is 1. The van der Waals surface area contributed by atoms with Crippen LogP contribution < -0.4 is 5.32 Å². The third kappa shape index (κ3) is 4.88. The van der Waals surface area contributed by atoms with E-state index in [0.717, 1.165) is 5.56 Å². The molecule has 0 spiro atoms. The van der Waals surface area contributed by atoms with Crippen molar-refractivity contribution >= 4 is 12.1 Å². The van der Waals surface area contributed by atoms with E-state index in [9.17, 15) is 9.59 Å². The van der Waals surface area contributed by atoms with Crippen molar-refractivity contribution in [3.05, 3.63) is 59.5 Å². The van der Waals surface area contributed by atoms with E-state index in [2.05, 4.69) is 5.32 Å². The van der Waals surface area contributed by atoms with Crippen LogP contribution in [0, 0.1) is 6.92 Å². The van der Waals surface area contributed by atoms with Gasteiger partial charge >= 0.3 is 12.1 Å². The van der Waals surface area contributed by atoms with Crippen molar-refractivity contribution < 1.29 is 23.5 Å². The van der Waals surface area contributed by atoms with Gasteiger partial charge in [0, 0.05) is 0 Å². The fourth-order valence-corrected chi connectivity index (χ4v) is 1.96. The molecule has 1 atom stereocenters. The summed E-state index contributed by atoms with van der Waals surface area (Å²) in [7, 11) is 0. The van der Waals surface area contributed by atoms with Crippen LogP contribution in [0.3, 0.4) is 0 Å². The zero-order chi connectivity index (χ0) is 16.7. The van der Waals surface area contributed by atoms with Gasteiger partial charge in [-0.05, 0) is 31.5 Å². The Labute approximate surface area is 134 Å². The summed E-state index contributed by atoms with van der Waals surface area (Å²) in [6, 6.07) is 11.5. The van der Waals surface area contributed by atoms with Gasteiger partial charge in [0.1, 0.15) is 18.1 Å². The van der Waals surface area contributed by atoms with Crippen LogP contribution in [0.25, 0.3) is 0 Å². The fourth-order valence-electron chi connectivity index (χ4n) is 1.96. The molecule has 6 nitrogen and oxygen atoms in total. The molecule has 1 aromatic heterocycles. The predicted molar refractivity (Wildman–Crippen MR) is 82.6 cm³/mol. The highest BCUT2D eigenvalue weighted by atomic mass is 16.6. The standard InChI is InChI=1S/C17H19NO5/c1-3-21-16(19)15(14-10-9-12(2)23-14)18-17(20)22-11-13-7-5-4-6-8-13/h4-10,15H,3,11H2,1-2H3,(H,18,20)/t15-/m1/s1. The molecule has 0 aliphatic heterocycles. The van der Waals surface area contributed by atoms with E-state index in [1.807, 2.05) is 30.3 Å². The maximum Gasteiger partial charge on any atom is 0.408 e. The third-order valence-electron chi connectivity index (χ3n) is 3.04. The second-order valence-electron chi connectivity index (χ2n) is 4.84. The number of aryl methyl sites for hydroxylation is 1. The first-order valence-corrected chi connectivity index (χ1v) is 7.30. The minimum absolute atomic E-state index is 0.111. The molecule has 1 amide bonds. The topological polar surface area (TPSA) is 77.8 Å². The van der Waals surface area contributed by atoms with Crippen molar-refractivity contribution in [2.75, 3.05) is 6.61 Å². The highest BCUT2D eigenvalue weighted by molar-refractivity contribution is 5.82. The maximum atomic E-state index is 12.0. The molecule has 0 saturated carbocycles. The highest BCUT2D eigenvalue weighted by Crippen LogP contribution is 2.18. The molecule has 0 radical (unpaired) electrons. The summed E-state index contributed by atoms with van der Waals surface area (Å²) in [5.41, 5.74) is 0.851. The zero-order valence-corrected chi connectivity index (χ0v) is 13.1. The molecule has 1 N–H and O–H groups in total. The number of rotatable bonds is 6. The zero-order valence-electron chi connectivity index (χ0n) is 13.1. The first kappa shape index (κ1) is 16.6. The van der Waals surface area contributed by atoms with Crippen LogP contribution in [0.2, 0.25) is 0 Å². The second-order valence-corrected chi connectivity index (χ2v) is 4.84. The monoisotopic (exact) mass is 317 g/mol. The Bertz CT molecular complexity index is 650. The van der Waals surface area contributed by atoms with Crippen LogP contribution in [0.1, 0.15) is 30.0 Å². The van der Waals surface area contributed by atoms with Crippen molar-refractivity contribution in [2.24, 2.45) is 0 Å². The van der Waals surface area contributed by atoms with Gasteiger partial charge in [0.25, 0.3) is 0 Å². The van der Waals surface area contributed by atoms with E-state index in [1.165, 1.54) is 0 Å². The van der Waals surface area contributed by atoms with Gasteiger partial charge in [-0.15, -0.1) is 0 Å². The SMILES string of the molecule is CCOC(=O)[C@H](NC(=O)OCc1ccccc1)c1ccc(C)o1. The molecule has 0 aliphatic carbocycles. The lowest BCUT2D eigenvalue weighted by molar-refractivity contribution is -0.146. The number of benzene rings is 1. The summed E-state index contributed by atoms with van der Waals surface area (Å²) in [4.78, 5) is 23.9. The quantitative estimate of drug-likeness (QED) is 0.828. The third-order valence-corrected chi connectivity index (χ3v) is 3.04. The lowest BCUT2D eigenvalue weighted by Gasteiger charge is -2.15. The van der Waals surface area contributed by atoms with E-state index in [-0.39, 0.29) is 13.2 Å². The molecular formula is C17H19NO5. The van der Waals surface area contributed by atoms with Crippen molar-refractivity contribution in [1.82, 2.24) is 5.32 Å². The average Bonchev–Trinajstić information content (AvgIpc) is 2.98. The van der Waals surface area contributed by atoms with Gasteiger partial charge in [-0.1, -0.05) is 30.3 Å². The van der Waals surface area contributed by atoms with Crippen molar-refractivity contribution in [3.8, 4) is 0 Å². The molecule has 6 heteroatoms. The molecular weight excluding hydrogens is 298 g/mol. The smallest absolute Gasteiger partial charge is 0.408 e. The predicted octanol–water partition coefficient (Wildman–Crippen LogP) is 3.12. The number of nitrogens with one attached hydrogen (secondary N) is 1. The van der Waals surface area contributed by atoms with Gasteiger partial charge in [-0.3, -0.25) is 0 Å². The van der Waals surface area contributed by atoms with E-state index < -0.39 is 18.1 Å². The number of carbonyl (C=O) groups excluding carboxylic acids is 2. The van der Waals surface area contributed by atoms with Crippen LogP contribution in [0.15, 0.2) is 46.9 Å². The molecule has 0 saturated heterocycles. The number of hydrogen-bond acceptors (Lipinski definition) is 5. The maximum absolute atomic E-state index is 12.0. The minimum Gasteiger partial charge on any atom is -0.464 e. The van der Waals surface area contributed by atoms with E-state index in [0.29, 0.717) is 11.5 Å². The Kier molecular flexibility index (Phi) is 5.80. The van der Waals surface area contributed by atoms with Gasteiger partial charge in [0.05, 0.1) is 6.61 Å². The summed E-state index contributed by atoms with van der Waals surface area (Å²) in [6.45, 7) is 3.75. The summed E-state index contributed by atoms with van der Waals surface area (Å²) in [5, 5.41) is 2.47. The number of furan rings is 1. The number of amides is 1.